The molecule has 4 nitrogen and oxygen atoms in total. The lowest BCUT2D eigenvalue weighted by molar-refractivity contribution is -0.121. The van der Waals surface area contributed by atoms with Gasteiger partial charge in [0.05, 0.1) is 18.1 Å². The zero-order chi connectivity index (χ0) is 22.2. The number of amides is 1. The molecule has 0 unspecified atom stereocenters. The van der Waals surface area contributed by atoms with Gasteiger partial charge in [0.1, 0.15) is 15.8 Å². The highest BCUT2D eigenvalue weighted by molar-refractivity contribution is 8.26. The first kappa shape index (κ1) is 23.4. The van der Waals surface area contributed by atoms with E-state index in [1.807, 2.05) is 18.2 Å². The van der Waals surface area contributed by atoms with E-state index >= 15 is 0 Å². The van der Waals surface area contributed by atoms with E-state index in [9.17, 15) is 4.79 Å². The van der Waals surface area contributed by atoms with Crippen LogP contribution in [-0.4, -0.2) is 34.9 Å². The minimum absolute atomic E-state index is 0.136. The van der Waals surface area contributed by atoms with Gasteiger partial charge in [-0.25, -0.2) is 0 Å². The fourth-order valence-electron chi connectivity index (χ4n) is 2.94. The van der Waals surface area contributed by atoms with E-state index < -0.39 is 0 Å². The molecule has 0 aliphatic carbocycles. The van der Waals surface area contributed by atoms with E-state index in [2.05, 4.69) is 25.6 Å². The molecule has 0 bridgehead atoms. The van der Waals surface area contributed by atoms with Crippen LogP contribution in [0, 0.1) is 0 Å². The van der Waals surface area contributed by atoms with Crippen molar-refractivity contribution in [2.24, 2.45) is 0 Å². The van der Waals surface area contributed by atoms with Crippen LogP contribution in [-0.2, 0) is 11.2 Å². The molecular weight excluding hydrogens is 450 g/mol. The Hall–Kier alpha value is -2.28. The minimum Gasteiger partial charge on any atom is -0.493 e. The normalized spacial score (nSPS) is 14.9. The first-order valence-corrected chi connectivity index (χ1v) is 11.6. The van der Waals surface area contributed by atoms with Gasteiger partial charge in [0.25, 0.3) is 5.91 Å². The predicted octanol–water partition coefficient (Wildman–Crippen LogP) is 6.14. The molecule has 1 aliphatic rings. The molecule has 0 N–H and O–H groups in total. The number of halogens is 1. The van der Waals surface area contributed by atoms with Crippen molar-refractivity contribution < 1.29 is 14.3 Å². The van der Waals surface area contributed by atoms with Gasteiger partial charge >= 0.3 is 0 Å². The van der Waals surface area contributed by atoms with Crippen molar-refractivity contribution in [1.82, 2.24) is 4.90 Å². The number of ether oxygens (including phenoxy) is 2. The maximum Gasteiger partial charge on any atom is 0.266 e. The quantitative estimate of drug-likeness (QED) is 0.179. The van der Waals surface area contributed by atoms with Crippen LogP contribution in [0.2, 0.25) is 5.02 Å². The van der Waals surface area contributed by atoms with Crippen molar-refractivity contribution >= 4 is 51.9 Å². The number of hydrogen-bond donors (Lipinski definition) is 0. The summed E-state index contributed by atoms with van der Waals surface area (Å²) in [5, 5.41) is 0.569. The summed E-state index contributed by atoms with van der Waals surface area (Å²) in [6.07, 6.45) is 5.16. The first-order chi connectivity index (χ1) is 15.0. The number of nitrogens with zero attached hydrogens (tertiary/aromatic N) is 1. The lowest BCUT2D eigenvalue weighted by Crippen LogP contribution is -2.27. The van der Waals surface area contributed by atoms with Crippen LogP contribution in [0.1, 0.15) is 24.5 Å². The zero-order valence-corrected chi connectivity index (χ0v) is 19.7. The second-order valence-corrected chi connectivity index (χ2v) is 8.92. The molecule has 7 heteroatoms. The smallest absolute Gasteiger partial charge is 0.266 e. The highest BCUT2D eigenvalue weighted by Crippen LogP contribution is 2.35. The summed E-state index contributed by atoms with van der Waals surface area (Å²) in [6.45, 7) is 7.22. The van der Waals surface area contributed by atoms with Crippen LogP contribution in [0.3, 0.4) is 0 Å². The largest absolute Gasteiger partial charge is 0.493 e. The number of carbonyl (C=O) groups is 1. The van der Waals surface area contributed by atoms with Gasteiger partial charge in [0.15, 0.2) is 0 Å². The van der Waals surface area contributed by atoms with Crippen molar-refractivity contribution in [2.75, 3.05) is 19.8 Å². The summed E-state index contributed by atoms with van der Waals surface area (Å²) >= 11 is 12.7. The molecule has 0 aromatic heterocycles. The van der Waals surface area contributed by atoms with E-state index in [0.29, 0.717) is 39.8 Å². The van der Waals surface area contributed by atoms with Crippen molar-refractivity contribution in [3.05, 3.63) is 76.2 Å². The summed E-state index contributed by atoms with van der Waals surface area (Å²) in [4.78, 5) is 14.7. The highest BCUT2D eigenvalue weighted by atomic mass is 35.5. The Morgan fingerprint density at radius 3 is 2.61 bits per heavy atom. The SMILES string of the molecule is C=CCN1C(=O)C(=Cc2cc(Cl)ccc2OCCCOc2ccc(CC)cc2)SC1=S. The first-order valence-electron chi connectivity index (χ1n) is 10.0. The number of benzene rings is 2. The second kappa shape index (κ2) is 11.4. The minimum atomic E-state index is -0.136. The Bertz CT molecular complexity index is 989. The van der Waals surface area contributed by atoms with Crippen LogP contribution in [0.5, 0.6) is 11.5 Å². The summed E-state index contributed by atoms with van der Waals surface area (Å²) in [6, 6.07) is 13.5. The Morgan fingerprint density at radius 2 is 1.90 bits per heavy atom. The van der Waals surface area contributed by atoms with Gasteiger partial charge in [0.2, 0.25) is 0 Å². The van der Waals surface area contributed by atoms with E-state index in [4.69, 9.17) is 33.3 Å². The molecular formula is C24H24ClNO3S2. The average molecular weight is 474 g/mol. The molecule has 31 heavy (non-hydrogen) atoms. The summed E-state index contributed by atoms with van der Waals surface area (Å²) in [5.41, 5.74) is 2.02. The second-order valence-electron chi connectivity index (χ2n) is 6.81. The van der Waals surface area contributed by atoms with Crippen molar-refractivity contribution in [3.63, 3.8) is 0 Å². The van der Waals surface area contributed by atoms with Gasteiger partial charge in [-0.3, -0.25) is 9.69 Å². The molecule has 0 saturated carbocycles. The van der Waals surface area contributed by atoms with Crippen LogP contribution < -0.4 is 9.47 Å². The molecule has 1 amide bonds. The lowest BCUT2D eigenvalue weighted by atomic mass is 10.2. The fraction of sp³-hybridized carbons (Fsp3) is 0.250. The lowest BCUT2D eigenvalue weighted by Gasteiger charge is -2.12. The van der Waals surface area contributed by atoms with E-state index in [1.165, 1.54) is 22.2 Å². The zero-order valence-electron chi connectivity index (χ0n) is 17.3. The predicted molar refractivity (Wildman–Crippen MR) is 133 cm³/mol. The molecule has 1 saturated heterocycles. The number of hydrogen-bond acceptors (Lipinski definition) is 5. The number of rotatable bonds is 10. The Morgan fingerprint density at radius 1 is 1.16 bits per heavy atom. The topological polar surface area (TPSA) is 38.8 Å². The molecule has 2 aromatic rings. The Labute approximate surface area is 197 Å². The molecule has 162 valence electrons. The van der Waals surface area contributed by atoms with Crippen molar-refractivity contribution in [1.29, 1.82) is 0 Å². The molecule has 1 fully saturated rings. The number of carbonyl (C=O) groups excluding carboxylic acids is 1. The maximum atomic E-state index is 12.6. The molecule has 0 atom stereocenters. The third kappa shape index (κ3) is 6.35. The van der Waals surface area contributed by atoms with Crippen LogP contribution in [0.4, 0.5) is 0 Å². The molecule has 3 rings (SSSR count). The third-order valence-corrected chi connectivity index (χ3v) is 6.20. The number of aryl methyl sites for hydroxylation is 1. The van der Waals surface area contributed by atoms with E-state index in [0.717, 1.165) is 24.2 Å². The highest BCUT2D eigenvalue weighted by Gasteiger charge is 2.31. The standard InChI is InChI=1S/C24H24ClNO3S2/c1-3-12-26-23(27)22(31-24(26)30)16-18-15-19(25)8-11-21(18)29-14-5-13-28-20-9-6-17(4-2)7-10-20/h3,6-11,15-16H,1,4-5,12-14H2,2H3. The molecule has 1 heterocycles. The number of thioether (sulfide) groups is 1. The van der Waals surface area contributed by atoms with Crippen LogP contribution in [0.25, 0.3) is 6.08 Å². The summed E-state index contributed by atoms with van der Waals surface area (Å²) in [7, 11) is 0. The third-order valence-electron chi connectivity index (χ3n) is 4.59. The van der Waals surface area contributed by atoms with Gasteiger partial charge in [-0.1, -0.05) is 60.7 Å². The molecule has 1 aliphatic heterocycles. The van der Waals surface area contributed by atoms with E-state index in [-0.39, 0.29) is 5.91 Å². The van der Waals surface area contributed by atoms with Gasteiger partial charge < -0.3 is 9.47 Å². The van der Waals surface area contributed by atoms with Crippen LogP contribution in [0.15, 0.2) is 60.0 Å². The van der Waals surface area contributed by atoms with Gasteiger partial charge in [-0.05, 0) is 48.4 Å². The van der Waals surface area contributed by atoms with Crippen molar-refractivity contribution in [3.8, 4) is 11.5 Å². The van der Waals surface area contributed by atoms with Gasteiger partial charge in [0, 0.05) is 23.6 Å². The summed E-state index contributed by atoms with van der Waals surface area (Å²) < 4.78 is 12.2. The molecule has 0 spiro atoms. The van der Waals surface area contributed by atoms with E-state index in [1.54, 1.807) is 24.3 Å². The summed E-state index contributed by atoms with van der Waals surface area (Å²) in [5.74, 6) is 1.37. The molecule has 2 aromatic carbocycles. The monoisotopic (exact) mass is 473 g/mol. The average Bonchev–Trinajstić information content (AvgIpc) is 3.03. The Balaban J connectivity index is 1.59. The van der Waals surface area contributed by atoms with Crippen molar-refractivity contribution in [2.45, 2.75) is 19.8 Å². The fourth-order valence-corrected chi connectivity index (χ4v) is 4.39. The molecule has 0 radical (unpaired) electrons. The Kier molecular flexibility index (Phi) is 8.58. The number of thiocarbonyl (C=S) groups is 1. The van der Waals surface area contributed by atoms with Gasteiger partial charge in [-0.2, -0.15) is 0 Å². The van der Waals surface area contributed by atoms with Gasteiger partial charge in [-0.15, -0.1) is 6.58 Å². The van der Waals surface area contributed by atoms with Crippen LogP contribution >= 0.6 is 35.6 Å². The maximum absolute atomic E-state index is 12.6.